The normalized spacial score (nSPS) is 15.0. The lowest BCUT2D eigenvalue weighted by molar-refractivity contribution is -0.157. The summed E-state index contributed by atoms with van der Waals surface area (Å²) in [6, 6.07) is 7.65. The summed E-state index contributed by atoms with van der Waals surface area (Å²) in [5, 5.41) is 8.67. The van der Waals surface area contributed by atoms with Crippen molar-refractivity contribution in [1.29, 1.82) is 0 Å². The first-order valence-electron chi connectivity index (χ1n) is 15.2. The molecule has 45 heavy (non-hydrogen) atoms. The van der Waals surface area contributed by atoms with Crippen LogP contribution in [-0.2, 0) is 27.6 Å². The zero-order valence-electron chi connectivity index (χ0n) is 27.4. The summed E-state index contributed by atoms with van der Waals surface area (Å²) in [5.74, 6) is 0.695. The molecule has 1 saturated heterocycles. The molecule has 4 aromatic rings. The standard InChI is InChI=1S/C30H38N8O5.C2H6/c1-29(2,3)27(39)42-18-38-21(13-34-35-38)16-41-22-9-7-19(8-10-22)23-15-37(26-24(23)25(31)32-17-33-26)20-11-12-36(14-20)28(40)43-30(4,5)6;1-2/h7-10,13,15,17,20H,11-12,14,16,18H2,1-6H3,(H2,31,32,33);1-2H3. The van der Waals surface area contributed by atoms with Gasteiger partial charge in [-0.25, -0.2) is 19.4 Å². The average molecular weight is 621 g/mol. The van der Waals surface area contributed by atoms with Crippen molar-refractivity contribution < 1.29 is 23.8 Å². The van der Waals surface area contributed by atoms with Crippen LogP contribution < -0.4 is 10.5 Å². The van der Waals surface area contributed by atoms with Gasteiger partial charge in [0.15, 0.2) is 6.73 Å². The van der Waals surface area contributed by atoms with Gasteiger partial charge in [0.25, 0.3) is 0 Å². The van der Waals surface area contributed by atoms with Crippen LogP contribution in [0.5, 0.6) is 5.75 Å². The van der Waals surface area contributed by atoms with Gasteiger partial charge in [-0.1, -0.05) is 31.2 Å². The van der Waals surface area contributed by atoms with Crippen molar-refractivity contribution in [3.05, 3.63) is 48.7 Å². The van der Waals surface area contributed by atoms with E-state index in [0.717, 1.165) is 22.9 Å². The molecule has 5 rings (SSSR count). The number of amides is 1. The number of hydrogen-bond acceptors (Lipinski definition) is 10. The molecule has 4 heterocycles. The van der Waals surface area contributed by atoms with Gasteiger partial charge < -0.3 is 29.4 Å². The van der Waals surface area contributed by atoms with Crippen LogP contribution in [0.4, 0.5) is 10.6 Å². The number of nitrogens with two attached hydrogens (primary N) is 1. The van der Waals surface area contributed by atoms with Gasteiger partial charge in [0, 0.05) is 24.8 Å². The Morgan fingerprint density at radius 2 is 1.76 bits per heavy atom. The predicted octanol–water partition coefficient (Wildman–Crippen LogP) is 5.61. The lowest BCUT2D eigenvalue weighted by Crippen LogP contribution is -2.35. The minimum Gasteiger partial charge on any atom is -0.487 e. The third-order valence-corrected chi connectivity index (χ3v) is 7.03. The number of hydrogen-bond donors (Lipinski definition) is 1. The highest BCUT2D eigenvalue weighted by molar-refractivity contribution is 6.00. The second-order valence-corrected chi connectivity index (χ2v) is 12.6. The van der Waals surface area contributed by atoms with Crippen molar-refractivity contribution in [3.63, 3.8) is 0 Å². The molecule has 0 radical (unpaired) electrons. The number of carbonyl (C=O) groups is 2. The van der Waals surface area contributed by atoms with Crippen molar-refractivity contribution >= 4 is 28.9 Å². The molecular formula is C32H44N8O5. The molecule has 1 aromatic carbocycles. The molecule has 0 bridgehead atoms. The highest BCUT2D eigenvalue weighted by Gasteiger charge is 2.32. The fourth-order valence-corrected chi connectivity index (χ4v) is 4.79. The van der Waals surface area contributed by atoms with Crippen molar-refractivity contribution in [2.75, 3.05) is 18.8 Å². The number of fused-ring (bicyclic) bond motifs is 1. The lowest BCUT2D eigenvalue weighted by atomic mass is 9.98. The van der Waals surface area contributed by atoms with Gasteiger partial charge in [-0.2, -0.15) is 0 Å². The Morgan fingerprint density at radius 1 is 1.04 bits per heavy atom. The topological polar surface area (TPSA) is 153 Å². The second kappa shape index (κ2) is 13.5. The number of aromatic nitrogens is 6. The van der Waals surface area contributed by atoms with Crippen molar-refractivity contribution in [1.82, 2.24) is 34.4 Å². The third-order valence-electron chi connectivity index (χ3n) is 7.03. The zero-order chi connectivity index (χ0) is 32.9. The average Bonchev–Trinajstić information content (AvgIpc) is 3.74. The number of nitrogen functional groups attached to an aromatic ring is 1. The molecule has 0 saturated carbocycles. The fourth-order valence-electron chi connectivity index (χ4n) is 4.79. The maximum absolute atomic E-state index is 12.7. The molecule has 1 unspecified atom stereocenters. The number of nitrogens with zero attached hydrogens (tertiary/aromatic N) is 7. The molecule has 1 aliphatic heterocycles. The molecule has 3 aromatic heterocycles. The van der Waals surface area contributed by atoms with Crippen LogP contribution >= 0.6 is 0 Å². The minimum absolute atomic E-state index is 0.0156. The fraction of sp³-hybridized carbons (Fsp3) is 0.500. The van der Waals surface area contributed by atoms with Crippen molar-refractivity contribution in [2.24, 2.45) is 5.41 Å². The summed E-state index contributed by atoms with van der Waals surface area (Å²) in [6.45, 7) is 16.2. The summed E-state index contributed by atoms with van der Waals surface area (Å²) in [6.07, 6.45) is 5.50. The van der Waals surface area contributed by atoms with E-state index in [9.17, 15) is 9.59 Å². The second-order valence-electron chi connectivity index (χ2n) is 12.6. The molecule has 13 nitrogen and oxygen atoms in total. The summed E-state index contributed by atoms with van der Waals surface area (Å²) < 4.78 is 20.5. The van der Waals surface area contributed by atoms with Gasteiger partial charge in [0.05, 0.1) is 28.7 Å². The highest BCUT2D eigenvalue weighted by Crippen LogP contribution is 2.37. The lowest BCUT2D eigenvalue weighted by Gasteiger charge is -2.24. The van der Waals surface area contributed by atoms with E-state index in [0.29, 0.717) is 36.0 Å². The number of benzene rings is 1. The number of rotatable bonds is 7. The van der Waals surface area contributed by atoms with Crippen molar-refractivity contribution in [3.8, 4) is 16.9 Å². The van der Waals surface area contributed by atoms with Crippen LogP contribution in [-0.4, -0.2) is 65.2 Å². The first-order valence-corrected chi connectivity index (χ1v) is 15.2. The molecule has 1 amide bonds. The van der Waals surface area contributed by atoms with Crippen LogP contribution in [0.25, 0.3) is 22.2 Å². The van der Waals surface area contributed by atoms with E-state index in [1.807, 2.05) is 65.1 Å². The van der Waals surface area contributed by atoms with Gasteiger partial charge in [0.1, 0.15) is 35.7 Å². The summed E-state index contributed by atoms with van der Waals surface area (Å²) in [5.41, 5.74) is 8.36. The van der Waals surface area contributed by atoms with Crippen LogP contribution in [0, 0.1) is 5.41 Å². The molecule has 0 spiro atoms. The minimum atomic E-state index is -0.611. The van der Waals surface area contributed by atoms with E-state index in [1.165, 1.54) is 11.0 Å². The van der Waals surface area contributed by atoms with Crippen LogP contribution in [0.15, 0.2) is 43.0 Å². The first kappa shape index (κ1) is 33.2. The number of carbonyl (C=O) groups excluding carboxylic acids is 2. The van der Waals surface area contributed by atoms with Gasteiger partial charge in [-0.05, 0) is 65.7 Å². The van der Waals surface area contributed by atoms with Gasteiger partial charge in [-0.15, -0.1) is 5.10 Å². The maximum atomic E-state index is 12.7. The molecule has 1 aliphatic rings. The van der Waals surface area contributed by atoms with E-state index in [4.69, 9.17) is 19.9 Å². The molecule has 2 N–H and O–H groups in total. The smallest absolute Gasteiger partial charge is 0.410 e. The maximum Gasteiger partial charge on any atom is 0.410 e. The van der Waals surface area contributed by atoms with E-state index >= 15 is 0 Å². The summed E-state index contributed by atoms with van der Waals surface area (Å²) in [7, 11) is 0. The zero-order valence-corrected chi connectivity index (χ0v) is 27.4. The number of likely N-dealkylation sites (tertiary alicyclic amines) is 1. The van der Waals surface area contributed by atoms with E-state index in [-0.39, 0.29) is 31.4 Å². The Morgan fingerprint density at radius 3 is 2.42 bits per heavy atom. The van der Waals surface area contributed by atoms with E-state index < -0.39 is 11.0 Å². The van der Waals surface area contributed by atoms with E-state index in [2.05, 4.69) is 24.8 Å². The Kier molecular flexibility index (Phi) is 9.99. The largest absolute Gasteiger partial charge is 0.487 e. The SMILES string of the molecule is CC.CC(C)(C)OC(=O)N1CCC(n2cc(-c3ccc(OCc4cnnn4COC(=O)C(C)(C)C)cc3)c3c(N)ncnc32)C1. The number of esters is 1. The Bertz CT molecular complexity index is 1620. The number of anilines is 1. The highest BCUT2D eigenvalue weighted by atomic mass is 16.6. The van der Waals surface area contributed by atoms with Crippen molar-refractivity contribution in [2.45, 2.75) is 86.8 Å². The van der Waals surface area contributed by atoms with Gasteiger partial charge in [-0.3, -0.25) is 4.79 Å². The summed E-state index contributed by atoms with van der Waals surface area (Å²) in [4.78, 5) is 35.3. The Hall–Kier alpha value is -4.68. The molecule has 0 aliphatic carbocycles. The van der Waals surface area contributed by atoms with E-state index in [1.54, 1.807) is 31.9 Å². The Balaban J connectivity index is 0.00000226. The Labute approximate surface area is 263 Å². The van der Waals surface area contributed by atoms with Gasteiger partial charge in [0.2, 0.25) is 0 Å². The molecular weight excluding hydrogens is 576 g/mol. The predicted molar refractivity (Wildman–Crippen MR) is 170 cm³/mol. The monoisotopic (exact) mass is 620 g/mol. The molecule has 13 heteroatoms. The van der Waals surface area contributed by atoms with Crippen LogP contribution in [0.1, 0.15) is 73.5 Å². The van der Waals surface area contributed by atoms with Gasteiger partial charge >= 0.3 is 12.1 Å². The molecule has 1 fully saturated rings. The molecule has 1 atom stereocenters. The summed E-state index contributed by atoms with van der Waals surface area (Å²) >= 11 is 0. The molecule has 242 valence electrons. The van der Waals surface area contributed by atoms with Crippen LogP contribution in [0.3, 0.4) is 0 Å². The van der Waals surface area contributed by atoms with Crippen LogP contribution in [0.2, 0.25) is 0 Å². The third kappa shape index (κ3) is 7.89. The number of ether oxygens (including phenoxy) is 3. The first-order chi connectivity index (χ1) is 21.3. The quantitative estimate of drug-likeness (QED) is 0.258.